The SMILES string of the molecule is Cc1ccc([C@@H]2CCNC2)cn1. The number of pyridine rings is 1. The minimum Gasteiger partial charge on any atom is -0.316 e. The molecule has 1 atom stereocenters. The predicted octanol–water partition coefficient (Wildman–Crippen LogP) is 1.47. The highest BCUT2D eigenvalue weighted by Crippen LogP contribution is 2.20. The van der Waals surface area contributed by atoms with Gasteiger partial charge in [0, 0.05) is 18.4 Å². The average Bonchev–Trinajstić information content (AvgIpc) is 2.58. The second-order valence-electron chi connectivity index (χ2n) is 3.42. The quantitative estimate of drug-likeness (QED) is 0.676. The zero-order valence-electron chi connectivity index (χ0n) is 7.38. The summed E-state index contributed by atoms with van der Waals surface area (Å²) >= 11 is 0. The Morgan fingerprint density at radius 1 is 1.50 bits per heavy atom. The van der Waals surface area contributed by atoms with E-state index < -0.39 is 0 Å². The van der Waals surface area contributed by atoms with Gasteiger partial charge in [0.1, 0.15) is 0 Å². The topological polar surface area (TPSA) is 24.9 Å². The summed E-state index contributed by atoms with van der Waals surface area (Å²) in [6, 6.07) is 4.29. The number of rotatable bonds is 1. The summed E-state index contributed by atoms with van der Waals surface area (Å²) in [5.74, 6) is 0.693. The second kappa shape index (κ2) is 3.23. The first-order valence-corrected chi connectivity index (χ1v) is 4.49. The Morgan fingerprint density at radius 2 is 2.42 bits per heavy atom. The third-order valence-corrected chi connectivity index (χ3v) is 2.47. The molecule has 64 valence electrons. The molecule has 0 aliphatic carbocycles. The molecule has 2 nitrogen and oxygen atoms in total. The Kier molecular flexibility index (Phi) is 2.09. The molecule has 2 heteroatoms. The molecular weight excluding hydrogens is 148 g/mol. The first-order valence-electron chi connectivity index (χ1n) is 4.49. The highest BCUT2D eigenvalue weighted by molar-refractivity contribution is 5.19. The Bertz CT molecular complexity index is 247. The summed E-state index contributed by atoms with van der Waals surface area (Å²) in [6.45, 7) is 4.29. The van der Waals surface area contributed by atoms with Gasteiger partial charge in [-0.25, -0.2) is 0 Å². The number of nitrogens with zero attached hydrogens (tertiary/aromatic N) is 1. The van der Waals surface area contributed by atoms with Crippen molar-refractivity contribution in [2.45, 2.75) is 19.3 Å². The normalized spacial score (nSPS) is 22.9. The molecule has 0 saturated carbocycles. The van der Waals surface area contributed by atoms with E-state index in [2.05, 4.69) is 22.4 Å². The van der Waals surface area contributed by atoms with Crippen LogP contribution in [0.1, 0.15) is 23.6 Å². The third-order valence-electron chi connectivity index (χ3n) is 2.47. The first kappa shape index (κ1) is 7.74. The molecule has 0 radical (unpaired) electrons. The van der Waals surface area contributed by atoms with Crippen LogP contribution in [0.4, 0.5) is 0 Å². The number of aromatic nitrogens is 1. The van der Waals surface area contributed by atoms with Crippen LogP contribution in [0.5, 0.6) is 0 Å². The molecule has 12 heavy (non-hydrogen) atoms. The molecule has 0 spiro atoms. The Hall–Kier alpha value is -0.890. The van der Waals surface area contributed by atoms with Crippen LogP contribution in [0.25, 0.3) is 0 Å². The summed E-state index contributed by atoms with van der Waals surface area (Å²) < 4.78 is 0. The molecule has 0 amide bonds. The smallest absolute Gasteiger partial charge is 0.0372 e. The molecule has 1 saturated heterocycles. The van der Waals surface area contributed by atoms with Crippen molar-refractivity contribution in [3.63, 3.8) is 0 Å². The molecule has 2 heterocycles. The lowest BCUT2D eigenvalue weighted by molar-refractivity contribution is 0.757. The molecule has 1 fully saturated rings. The minimum absolute atomic E-state index is 0.693. The summed E-state index contributed by atoms with van der Waals surface area (Å²) in [4.78, 5) is 4.30. The van der Waals surface area contributed by atoms with E-state index in [0.29, 0.717) is 5.92 Å². The molecule has 0 aromatic carbocycles. The Morgan fingerprint density at radius 3 is 3.00 bits per heavy atom. The van der Waals surface area contributed by atoms with Crippen LogP contribution in [-0.2, 0) is 0 Å². The maximum absolute atomic E-state index is 4.30. The van der Waals surface area contributed by atoms with E-state index in [1.807, 2.05) is 13.1 Å². The summed E-state index contributed by atoms with van der Waals surface area (Å²) in [5, 5.41) is 3.36. The van der Waals surface area contributed by atoms with E-state index in [4.69, 9.17) is 0 Å². The number of hydrogen-bond donors (Lipinski definition) is 1. The Labute approximate surface area is 73.0 Å². The van der Waals surface area contributed by atoms with E-state index in [9.17, 15) is 0 Å². The van der Waals surface area contributed by atoms with Gasteiger partial charge in [-0.3, -0.25) is 4.98 Å². The first-order chi connectivity index (χ1) is 5.86. The zero-order chi connectivity index (χ0) is 8.39. The summed E-state index contributed by atoms with van der Waals surface area (Å²) in [7, 11) is 0. The maximum Gasteiger partial charge on any atom is 0.0372 e. The van der Waals surface area contributed by atoms with Crippen molar-refractivity contribution in [1.82, 2.24) is 10.3 Å². The van der Waals surface area contributed by atoms with Gasteiger partial charge < -0.3 is 5.32 Å². The van der Waals surface area contributed by atoms with Crippen molar-refractivity contribution < 1.29 is 0 Å². The molecule has 1 N–H and O–H groups in total. The van der Waals surface area contributed by atoms with Gasteiger partial charge in [-0.1, -0.05) is 6.07 Å². The molecule has 1 aromatic rings. The molecule has 2 rings (SSSR count). The van der Waals surface area contributed by atoms with Crippen LogP contribution in [0.15, 0.2) is 18.3 Å². The average molecular weight is 162 g/mol. The van der Waals surface area contributed by atoms with E-state index in [0.717, 1.165) is 18.8 Å². The largest absolute Gasteiger partial charge is 0.316 e. The van der Waals surface area contributed by atoms with Crippen molar-refractivity contribution in [3.8, 4) is 0 Å². The van der Waals surface area contributed by atoms with Crippen molar-refractivity contribution in [2.75, 3.05) is 13.1 Å². The molecule has 1 aliphatic heterocycles. The van der Waals surface area contributed by atoms with Crippen LogP contribution < -0.4 is 5.32 Å². The zero-order valence-corrected chi connectivity index (χ0v) is 7.38. The lowest BCUT2D eigenvalue weighted by Crippen LogP contribution is -2.08. The molecule has 1 aliphatic rings. The van der Waals surface area contributed by atoms with Crippen molar-refractivity contribution in [3.05, 3.63) is 29.6 Å². The van der Waals surface area contributed by atoms with Gasteiger partial charge in [0.15, 0.2) is 0 Å². The molecule has 0 bridgehead atoms. The van der Waals surface area contributed by atoms with Crippen LogP contribution in [0.3, 0.4) is 0 Å². The fourth-order valence-electron chi connectivity index (χ4n) is 1.66. The highest BCUT2D eigenvalue weighted by Gasteiger charge is 2.15. The molecule has 0 unspecified atom stereocenters. The van der Waals surface area contributed by atoms with Gasteiger partial charge in [0.25, 0.3) is 0 Å². The molecule has 1 aromatic heterocycles. The van der Waals surface area contributed by atoms with Gasteiger partial charge in [-0.15, -0.1) is 0 Å². The van der Waals surface area contributed by atoms with E-state index >= 15 is 0 Å². The van der Waals surface area contributed by atoms with Gasteiger partial charge in [0.05, 0.1) is 0 Å². The number of hydrogen-bond acceptors (Lipinski definition) is 2. The number of nitrogens with one attached hydrogen (secondary N) is 1. The summed E-state index contributed by atoms with van der Waals surface area (Å²) in [6.07, 6.45) is 3.26. The van der Waals surface area contributed by atoms with E-state index in [1.54, 1.807) is 0 Å². The standard InChI is InChI=1S/C10H14N2/c1-8-2-3-9(7-12-8)10-4-5-11-6-10/h2-3,7,10-11H,4-6H2,1H3/t10-/m1/s1. The van der Waals surface area contributed by atoms with Gasteiger partial charge in [-0.05, 0) is 37.4 Å². The van der Waals surface area contributed by atoms with E-state index in [-0.39, 0.29) is 0 Å². The fraction of sp³-hybridized carbons (Fsp3) is 0.500. The fourth-order valence-corrected chi connectivity index (χ4v) is 1.66. The van der Waals surface area contributed by atoms with Crippen molar-refractivity contribution in [1.29, 1.82) is 0 Å². The minimum atomic E-state index is 0.693. The maximum atomic E-state index is 4.30. The third kappa shape index (κ3) is 1.48. The van der Waals surface area contributed by atoms with E-state index in [1.165, 1.54) is 12.0 Å². The van der Waals surface area contributed by atoms with Crippen LogP contribution >= 0.6 is 0 Å². The Balaban J connectivity index is 2.17. The van der Waals surface area contributed by atoms with Crippen LogP contribution in [0, 0.1) is 6.92 Å². The summed E-state index contributed by atoms with van der Waals surface area (Å²) in [5.41, 5.74) is 2.48. The van der Waals surface area contributed by atoms with Crippen molar-refractivity contribution in [2.24, 2.45) is 0 Å². The van der Waals surface area contributed by atoms with Gasteiger partial charge in [-0.2, -0.15) is 0 Å². The highest BCUT2D eigenvalue weighted by atomic mass is 14.9. The monoisotopic (exact) mass is 162 g/mol. The molecular formula is C10H14N2. The van der Waals surface area contributed by atoms with Crippen molar-refractivity contribution >= 4 is 0 Å². The second-order valence-corrected chi connectivity index (χ2v) is 3.42. The lowest BCUT2D eigenvalue weighted by Gasteiger charge is -2.07. The number of aryl methyl sites for hydroxylation is 1. The van der Waals surface area contributed by atoms with Crippen LogP contribution in [0.2, 0.25) is 0 Å². The lowest BCUT2D eigenvalue weighted by atomic mass is 10.0. The predicted molar refractivity (Wildman–Crippen MR) is 49.2 cm³/mol. The van der Waals surface area contributed by atoms with Gasteiger partial charge in [0.2, 0.25) is 0 Å². The van der Waals surface area contributed by atoms with Crippen LogP contribution in [-0.4, -0.2) is 18.1 Å². The van der Waals surface area contributed by atoms with Gasteiger partial charge >= 0.3 is 0 Å².